The number of anilines is 3. The fraction of sp³-hybridized carbons (Fsp3) is 0.578. The van der Waals surface area contributed by atoms with Crippen molar-refractivity contribution in [1.82, 2.24) is 43.7 Å². The van der Waals surface area contributed by atoms with Crippen molar-refractivity contribution in [3.8, 4) is 0 Å². The summed E-state index contributed by atoms with van der Waals surface area (Å²) in [7, 11) is 1.69. The molecule has 0 spiro atoms. The number of alkyl halides is 3. The van der Waals surface area contributed by atoms with Gasteiger partial charge in [-0.05, 0) is 69.1 Å². The van der Waals surface area contributed by atoms with Crippen LogP contribution >= 0.6 is 0 Å². The molecule has 4 aromatic heterocycles. The monoisotopic (exact) mass is 914 g/mol. The Labute approximate surface area is 377 Å². The first kappa shape index (κ1) is 42.8. The molecular formula is C45H53F3N12O6. The number of amides is 3. The third-order valence-corrected chi connectivity index (χ3v) is 14.7. The number of halogens is 3. The number of rotatable bonds is 12. The average molecular weight is 915 g/mol. The summed E-state index contributed by atoms with van der Waals surface area (Å²) in [4.78, 5) is 62.6. The quantitative estimate of drug-likeness (QED) is 0.172. The lowest BCUT2D eigenvalue weighted by Gasteiger charge is -2.43. The molecule has 21 heteroatoms. The van der Waals surface area contributed by atoms with Gasteiger partial charge < -0.3 is 24.6 Å². The molecule has 1 aliphatic carbocycles. The van der Waals surface area contributed by atoms with Crippen molar-refractivity contribution in [2.75, 3.05) is 67.6 Å². The number of carbonyl (C=O) groups excluding carboxylic acids is 3. The number of imidazole rings is 1. The van der Waals surface area contributed by atoms with Gasteiger partial charge in [0, 0.05) is 71.0 Å². The maximum Gasteiger partial charge on any atom is 0.329 e. The number of benzene rings is 1. The lowest BCUT2D eigenvalue weighted by Crippen LogP contribution is -2.51. The van der Waals surface area contributed by atoms with Crippen molar-refractivity contribution in [3.05, 3.63) is 64.6 Å². The molecular weight excluding hydrogens is 862 g/mol. The molecule has 11 rings (SSSR count). The highest BCUT2D eigenvalue weighted by Gasteiger charge is 2.41. The summed E-state index contributed by atoms with van der Waals surface area (Å²) in [6.07, 6.45) is 5.38. The predicted octanol–water partition coefficient (Wildman–Crippen LogP) is 4.02. The summed E-state index contributed by atoms with van der Waals surface area (Å²) in [5.41, 5.74) is 1.91. The van der Waals surface area contributed by atoms with Crippen molar-refractivity contribution in [2.24, 2.45) is 18.9 Å². The highest BCUT2D eigenvalue weighted by molar-refractivity contribution is 6.08. The Balaban J connectivity index is 0.646. The Kier molecular flexibility index (Phi) is 11.1. The van der Waals surface area contributed by atoms with E-state index in [1.54, 1.807) is 22.5 Å². The predicted molar refractivity (Wildman–Crippen MR) is 235 cm³/mol. The van der Waals surface area contributed by atoms with Gasteiger partial charge in [0.1, 0.15) is 23.6 Å². The molecule has 5 aliphatic heterocycles. The SMILES string of the molecule is Cn1c(=O)n(C2CCC(=O)NC2=O)c2cccc(N3CC(CO[C@@H]4CCN(CC5CCC(n6cc(NC(=O)c7cnn8ccc(N9C[C@H]%10C[C@@H]9CO%10)nc78)c(C(F)F)n6)CC5)C[C@@H]4F)C3)c21. The number of hydrogen-bond acceptors (Lipinski definition) is 12. The van der Waals surface area contributed by atoms with Crippen LogP contribution in [0, 0.1) is 11.8 Å². The van der Waals surface area contributed by atoms with Gasteiger partial charge in [-0.15, -0.1) is 0 Å². The first-order valence-corrected chi connectivity index (χ1v) is 23.1. The number of aromatic nitrogens is 7. The molecule has 1 aromatic carbocycles. The smallest absolute Gasteiger partial charge is 0.329 e. The largest absolute Gasteiger partial charge is 0.375 e. The Morgan fingerprint density at radius 2 is 1.85 bits per heavy atom. The van der Waals surface area contributed by atoms with Crippen LogP contribution in [0.1, 0.15) is 85.9 Å². The van der Waals surface area contributed by atoms with Crippen molar-refractivity contribution >= 4 is 51.6 Å². The molecule has 3 amide bonds. The van der Waals surface area contributed by atoms with Crippen LogP contribution in [0.4, 0.5) is 30.4 Å². The molecule has 350 valence electrons. The van der Waals surface area contributed by atoms with Crippen LogP contribution in [0.15, 0.2) is 47.7 Å². The average Bonchev–Trinajstić information content (AvgIpc) is 4.14. The standard InChI is InChI=1S/C45H53F3N12O6/c1-54-40-33(3-2-4-34(40)60(45(54)64)35-9-10-38(61)52-44(35)63)56-18-26(19-56)23-66-36-11-13-55(21-31(36)46)17-25-5-7-27(8-6-25)59-22-32(39(53-59)41(47)48)50-43(62)30-16-49-58-14-12-37(51-42(30)58)57-20-29-15-28(57)24-65-29/h2-4,12,14,16,22,25-29,31,35-36,41H,5-11,13,15,17-21,23-24H2,1H3,(H,50,62)(H,52,61,63)/t25?,27?,28-,29-,31+,35?,36-/m1/s1. The van der Waals surface area contributed by atoms with Crippen LogP contribution in [0.5, 0.6) is 0 Å². The second-order valence-electron chi connectivity index (χ2n) is 19.0. The van der Waals surface area contributed by atoms with Crippen LogP contribution in [-0.2, 0) is 26.1 Å². The van der Waals surface area contributed by atoms with Gasteiger partial charge in [0.15, 0.2) is 11.3 Å². The summed E-state index contributed by atoms with van der Waals surface area (Å²) in [6.45, 7) is 4.92. The molecule has 1 unspecified atom stereocenters. The van der Waals surface area contributed by atoms with Crippen molar-refractivity contribution in [3.63, 3.8) is 0 Å². The number of piperidine rings is 2. The van der Waals surface area contributed by atoms with Crippen LogP contribution < -0.4 is 26.1 Å². The number of hydrogen-bond donors (Lipinski definition) is 2. The molecule has 0 radical (unpaired) electrons. The van der Waals surface area contributed by atoms with Crippen LogP contribution in [-0.4, -0.2) is 133 Å². The highest BCUT2D eigenvalue weighted by atomic mass is 19.3. The molecule has 5 saturated heterocycles. The van der Waals surface area contributed by atoms with E-state index in [2.05, 4.69) is 35.5 Å². The number of ether oxygens (including phenoxy) is 2. The zero-order chi connectivity index (χ0) is 45.4. The number of fused-ring (bicyclic) bond motifs is 4. The second kappa shape index (κ2) is 17.1. The van der Waals surface area contributed by atoms with Crippen LogP contribution in [0.2, 0.25) is 0 Å². The van der Waals surface area contributed by atoms with E-state index < -0.39 is 42.3 Å². The highest BCUT2D eigenvalue weighted by Crippen LogP contribution is 2.38. The number of carbonyl (C=O) groups is 3. The molecule has 2 N–H and O–H groups in total. The minimum atomic E-state index is -2.89. The van der Waals surface area contributed by atoms with Gasteiger partial charge in [-0.3, -0.25) is 38.4 Å². The van der Waals surface area contributed by atoms with Gasteiger partial charge in [0.25, 0.3) is 12.3 Å². The third kappa shape index (κ3) is 7.80. The zero-order valence-corrected chi connectivity index (χ0v) is 36.6. The first-order chi connectivity index (χ1) is 31.9. The summed E-state index contributed by atoms with van der Waals surface area (Å²) in [5.74, 6) is -0.158. The second-order valence-corrected chi connectivity index (χ2v) is 19.0. The van der Waals surface area contributed by atoms with Crippen LogP contribution in [0.25, 0.3) is 16.7 Å². The molecule has 18 nitrogen and oxygen atoms in total. The number of para-hydroxylation sites is 1. The molecule has 6 aliphatic rings. The minimum absolute atomic E-state index is 0.0414. The van der Waals surface area contributed by atoms with Crippen molar-refractivity contribution in [2.45, 2.75) is 94.3 Å². The third-order valence-electron chi connectivity index (χ3n) is 14.7. The molecule has 6 fully saturated rings. The Morgan fingerprint density at radius 1 is 1.02 bits per heavy atom. The maximum absolute atomic E-state index is 15.6. The van der Waals surface area contributed by atoms with Gasteiger partial charge in [0.2, 0.25) is 11.8 Å². The van der Waals surface area contributed by atoms with Crippen LogP contribution in [0.3, 0.4) is 0 Å². The molecule has 9 heterocycles. The zero-order valence-electron chi connectivity index (χ0n) is 36.6. The summed E-state index contributed by atoms with van der Waals surface area (Å²) >= 11 is 0. The van der Waals surface area contributed by atoms with E-state index in [0.717, 1.165) is 62.9 Å². The van der Waals surface area contributed by atoms with E-state index in [0.29, 0.717) is 62.2 Å². The molecule has 5 aromatic rings. The van der Waals surface area contributed by atoms with E-state index in [-0.39, 0.29) is 59.8 Å². The van der Waals surface area contributed by atoms with Gasteiger partial charge in [-0.2, -0.15) is 10.2 Å². The first-order valence-electron chi connectivity index (χ1n) is 23.1. The summed E-state index contributed by atoms with van der Waals surface area (Å²) in [6, 6.07) is 6.86. The number of nitrogens with one attached hydrogen (secondary N) is 2. The van der Waals surface area contributed by atoms with E-state index >= 15 is 4.39 Å². The van der Waals surface area contributed by atoms with E-state index in [9.17, 15) is 28.0 Å². The van der Waals surface area contributed by atoms with Crippen molar-refractivity contribution in [1.29, 1.82) is 0 Å². The topological polar surface area (TPSA) is 178 Å². The number of imide groups is 1. The Bertz CT molecular complexity index is 2740. The molecule has 66 heavy (non-hydrogen) atoms. The summed E-state index contributed by atoms with van der Waals surface area (Å²) in [5, 5.41) is 13.6. The van der Waals surface area contributed by atoms with E-state index in [4.69, 9.17) is 14.5 Å². The van der Waals surface area contributed by atoms with Gasteiger partial charge in [0.05, 0.1) is 66.1 Å². The number of nitrogens with zero attached hydrogens (tertiary/aromatic N) is 10. The normalized spacial score (nSPS) is 27.4. The lowest BCUT2D eigenvalue weighted by atomic mass is 9.85. The fourth-order valence-corrected chi connectivity index (χ4v) is 11.2. The summed E-state index contributed by atoms with van der Waals surface area (Å²) < 4.78 is 62.2. The Hall–Kier alpha value is -5.80. The van der Waals surface area contributed by atoms with Gasteiger partial charge in [-0.1, -0.05) is 6.07 Å². The number of likely N-dealkylation sites (tertiary alicyclic amines) is 1. The molecule has 1 saturated carbocycles. The maximum atomic E-state index is 15.6. The van der Waals surface area contributed by atoms with E-state index in [1.807, 2.05) is 24.3 Å². The number of aryl methyl sites for hydroxylation is 1. The van der Waals surface area contributed by atoms with Crippen molar-refractivity contribution < 1.29 is 37.0 Å². The lowest BCUT2D eigenvalue weighted by molar-refractivity contribution is -0.135. The minimum Gasteiger partial charge on any atom is -0.375 e. The molecule has 2 bridgehead atoms. The van der Waals surface area contributed by atoms with E-state index in [1.165, 1.54) is 21.5 Å². The van der Waals surface area contributed by atoms with Gasteiger partial charge >= 0.3 is 5.69 Å². The number of morpholine rings is 1. The molecule has 5 atom stereocenters. The Morgan fingerprint density at radius 3 is 2.59 bits per heavy atom. The van der Waals surface area contributed by atoms with Gasteiger partial charge in [-0.25, -0.2) is 27.5 Å². The fourth-order valence-electron chi connectivity index (χ4n) is 11.2.